The smallest absolute Gasteiger partial charge is 0.0814 e. The summed E-state index contributed by atoms with van der Waals surface area (Å²) in [5, 5.41) is 3.43. The molecular formula is C18H27NO2. The Kier molecular flexibility index (Phi) is 6.93. The maximum atomic E-state index is 5.97. The average Bonchev–Trinajstić information content (AvgIpc) is 2.94. The molecule has 0 spiro atoms. The minimum atomic E-state index is 0.258. The number of rotatable bonds is 8. The third kappa shape index (κ3) is 6.42. The van der Waals surface area contributed by atoms with Crippen molar-refractivity contribution in [2.75, 3.05) is 19.8 Å². The SMILES string of the molecule is CC(C)NCC1CCC(COCC=Cc2ccccc2)O1. The van der Waals surface area contributed by atoms with E-state index >= 15 is 0 Å². The van der Waals surface area contributed by atoms with Gasteiger partial charge in [0.1, 0.15) is 0 Å². The summed E-state index contributed by atoms with van der Waals surface area (Å²) in [6.45, 7) is 6.60. The Morgan fingerprint density at radius 2 is 2.00 bits per heavy atom. The van der Waals surface area contributed by atoms with Gasteiger partial charge in [-0.05, 0) is 18.4 Å². The molecule has 0 amide bonds. The molecule has 1 aromatic rings. The summed E-state index contributed by atoms with van der Waals surface area (Å²) in [6.07, 6.45) is 6.99. The number of hydrogen-bond donors (Lipinski definition) is 1. The van der Waals surface area contributed by atoms with Crippen LogP contribution in [0.25, 0.3) is 6.08 Å². The van der Waals surface area contributed by atoms with E-state index in [-0.39, 0.29) is 6.10 Å². The van der Waals surface area contributed by atoms with Crippen molar-refractivity contribution in [2.45, 2.75) is 44.9 Å². The van der Waals surface area contributed by atoms with Gasteiger partial charge in [0.05, 0.1) is 25.4 Å². The maximum Gasteiger partial charge on any atom is 0.0814 e. The normalized spacial score (nSPS) is 22.4. The van der Waals surface area contributed by atoms with Gasteiger partial charge in [-0.3, -0.25) is 0 Å². The van der Waals surface area contributed by atoms with E-state index in [2.05, 4.69) is 43.4 Å². The van der Waals surface area contributed by atoms with Crippen LogP contribution in [0.1, 0.15) is 32.3 Å². The Balaban J connectivity index is 1.56. The Bertz CT molecular complexity index is 416. The lowest BCUT2D eigenvalue weighted by molar-refractivity contribution is -0.00848. The summed E-state index contributed by atoms with van der Waals surface area (Å²) < 4.78 is 11.6. The van der Waals surface area contributed by atoms with Gasteiger partial charge in [0.25, 0.3) is 0 Å². The number of hydrogen-bond acceptors (Lipinski definition) is 3. The summed E-state index contributed by atoms with van der Waals surface area (Å²) in [7, 11) is 0. The lowest BCUT2D eigenvalue weighted by Gasteiger charge is -2.15. The molecule has 1 saturated heterocycles. The zero-order valence-corrected chi connectivity index (χ0v) is 13.1. The first-order valence-corrected chi connectivity index (χ1v) is 7.92. The average molecular weight is 289 g/mol. The first kappa shape index (κ1) is 16.2. The van der Waals surface area contributed by atoms with Crippen LogP contribution in [0.15, 0.2) is 36.4 Å². The van der Waals surface area contributed by atoms with Crippen molar-refractivity contribution in [3.63, 3.8) is 0 Å². The third-order valence-electron chi connectivity index (χ3n) is 3.58. The predicted octanol–water partition coefficient (Wildman–Crippen LogP) is 3.26. The maximum absolute atomic E-state index is 5.97. The van der Waals surface area contributed by atoms with E-state index in [0.29, 0.717) is 25.4 Å². The van der Waals surface area contributed by atoms with Gasteiger partial charge in [-0.2, -0.15) is 0 Å². The standard InChI is InChI=1S/C18H27NO2/c1-15(2)19-13-17-10-11-18(21-17)14-20-12-6-9-16-7-4-3-5-8-16/h3-9,15,17-19H,10-14H2,1-2H3. The van der Waals surface area contributed by atoms with Crippen molar-refractivity contribution >= 4 is 6.08 Å². The van der Waals surface area contributed by atoms with Gasteiger partial charge in [0.15, 0.2) is 0 Å². The molecule has 0 aromatic heterocycles. The summed E-state index contributed by atoms with van der Waals surface area (Å²) in [4.78, 5) is 0. The Hall–Kier alpha value is -1.16. The van der Waals surface area contributed by atoms with Crippen LogP contribution in [-0.4, -0.2) is 38.0 Å². The van der Waals surface area contributed by atoms with Gasteiger partial charge in [-0.1, -0.05) is 56.3 Å². The van der Waals surface area contributed by atoms with Crippen LogP contribution >= 0.6 is 0 Å². The largest absolute Gasteiger partial charge is 0.375 e. The van der Waals surface area contributed by atoms with Gasteiger partial charge in [-0.25, -0.2) is 0 Å². The first-order valence-electron chi connectivity index (χ1n) is 7.92. The van der Waals surface area contributed by atoms with Crippen molar-refractivity contribution in [2.24, 2.45) is 0 Å². The molecule has 0 aliphatic carbocycles. The second-order valence-corrected chi connectivity index (χ2v) is 5.87. The summed E-state index contributed by atoms with van der Waals surface area (Å²) in [5.41, 5.74) is 1.21. The second kappa shape index (κ2) is 8.98. The van der Waals surface area contributed by atoms with Crippen LogP contribution in [-0.2, 0) is 9.47 Å². The molecule has 116 valence electrons. The monoisotopic (exact) mass is 289 g/mol. The lowest BCUT2D eigenvalue weighted by atomic mass is 10.2. The summed E-state index contributed by atoms with van der Waals surface area (Å²) >= 11 is 0. The zero-order chi connectivity index (χ0) is 14.9. The van der Waals surface area contributed by atoms with Crippen LogP contribution in [0.3, 0.4) is 0 Å². The molecule has 1 fully saturated rings. The van der Waals surface area contributed by atoms with Crippen LogP contribution in [0.2, 0.25) is 0 Å². The molecule has 2 atom stereocenters. The van der Waals surface area contributed by atoms with E-state index in [1.807, 2.05) is 18.2 Å². The molecular weight excluding hydrogens is 262 g/mol. The highest BCUT2D eigenvalue weighted by atomic mass is 16.5. The van der Waals surface area contributed by atoms with E-state index in [9.17, 15) is 0 Å². The fraction of sp³-hybridized carbons (Fsp3) is 0.556. The second-order valence-electron chi connectivity index (χ2n) is 5.87. The van der Waals surface area contributed by atoms with Gasteiger partial charge < -0.3 is 14.8 Å². The Labute approximate surface area is 128 Å². The van der Waals surface area contributed by atoms with E-state index in [1.54, 1.807) is 0 Å². The number of nitrogens with one attached hydrogen (secondary N) is 1. The van der Waals surface area contributed by atoms with E-state index in [4.69, 9.17) is 9.47 Å². The van der Waals surface area contributed by atoms with Gasteiger partial charge >= 0.3 is 0 Å². The molecule has 0 radical (unpaired) electrons. The van der Waals surface area contributed by atoms with Gasteiger partial charge in [0.2, 0.25) is 0 Å². The van der Waals surface area contributed by atoms with Crippen molar-refractivity contribution < 1.29 is 9.47 Å². The summed E-state index contributed by atoms with van der Waals surface area (Å²) in [6, 6.07) is 10.8. The molecule has 1 aliphatic heterocycles. The Morgan fingerprint density at radius 1 is 1.24 bits per heavy atom. The van der Waals surface area contributed by atoms with Crippen LogP contribution in [0, 0.1) is 0 Å². The van der Waals surface area contributed by atoms with Crippen molar-refractivity contribution in [1.29, 1.82) is 0 Å². The van der Waals surface area contributed by atoms with E-state index in [1.165, 1.54) is 5.56 Å². The predicted molar refractivity (Wildman–Crippen MR) is 87.3 cm³/mol. The minimum absolute atomic E-state index is 0.258. The highest BCUT2D eigenvalue weighted by Gasteiger charge is 2.24. The molecule has 1 aliphatic rings. The molecule has 3 heteroatoms. The fourth-order valence-corrected chi connectivity index (χ4v) is 2.44. The van der Waals surface area contributed by atoms with Crippen molar-refractivity contribution in [3.8, 4) is 0 Å². The number of ether oxygens (including phenoxy) is 2. The minimum Gasteiger partial charge on any atom is -0.375 e. The van der Waals surface area contributed by atoms with E-state index in [0.717, 1.165) is 19.4 Å². The molecule has 0 saturated carbocycles. The van der Waals surface area contributed by atoms with Crippen LogP contribution in [0.4, 0.5) is 0 Å². The molecule has 3 nitrogen and oxygen atoms in total. The molecule has 1 aromatic carbocycles. The van der Waals surface area contributed by atoms with Crippen LogP contribution < -0.4 is 5.32 Å². The van der Waals surface area contributed by atoms with E-state index < -0.39 is 0 Å². The molecule has 21 heavy (non-hydrogen) atoms. The zero-order valence-electron chi connectivity index (χ0n) is 13.1. The number of benzene rings is 1. The molecule has 2 rings (SSSR count). The van der Waals surface area contributed by atoms with Crippen LogP contribution in [0.5, 0.6) is 0 Å². The summed E-state index contributed by atoms with van der Waals surface area (Å²) in [5.74, 6) is 0. The lowest BCUT2D eigenvalue weighted by Crippen LogP contribution is -2.32. The highest BCUT2D eigenvalue weighted by molar-refractivity contribution is 5.48. The molecule has 2 unspecified atom stereocenters. The van der Waals surface area contributed by atoms with Gasteiger partial charge in [-0.15, -0.1) is 0 Å². The Morgan fingerprint density at radius 3 is 2.76 bits per heavy atom. The quantitative estimate of drug-likeness (QED) is 0.745. The van der Waals surface area contributed by atoms with Crippen molar-refractivity contribution in [3.05, 3.63) is 42.0 Å². The molecule has 1 N–H and O–H groups in total. The third-order valence-corrected chi connectivity index (χ3v) is 3.58. The van der Waals surface area contributed by atoms with Crippen molar-refractivity contribution in [1.82, 2.24) is 5.32 Å². The highest BCUT2D eigenvalue weighted by Crippen LogP contribution is 2.19. The van der Waals surface area contributed by atoms with Gasteiger partial charge in [0, 0.05) is 12.6 Å². The molecule has 1 heterocycles. The fourth-order valence-electron chi connectivity index (χ4n) is 2.44. The topological polar surface area (TPSA) is 30.5 Å². The molecule has 0 bridgehead atoms. The first-order chi connectivity index (χ1) is 10.2.